The summed E-state index contributed by atoms with van der Waals surface area (Å²) in [4.78, 5) is 0.787. The van der Waals surface area contributed by atoms with Crippen LogP contribution in [0.2, 0.25) is 4.82 Å². The molecule has 0 fully saturated rings. The Labute approximate surface area is 145 Å². The van der Waals surface area contributed by atoms with E-state index in [9.17, 15) is 0 Å². The molecular formula is C20H22Se2. The second kappa shape index (κ2) is 6.77. The Morgan fingerprint density at radius 3 is 2.00 bits per heavy atom. The second-order valence-corrected chi connectivity index (χ2v) is 13.5. The fourth-order valence-corrected chi connectivity index (χ4v) is 13.9. The Morgan fingerprint density at radius 2 is 1.41 bits per heavy atom. The van der Waals surface area contributed by atoms with Gasteiger partial charge in [-0.2, -0.15) is 0 Å². The van der Waals surface area contributed by atoms with Crippen LogP contribution in [0.3, 0.4) is 0 Å². The topological polar surface area (TPSA) is 0 Å². The van der Waals surface area contributed by atoms with Crippen molar-refractivity contribution >= 4 is 30.7 Å². The number of hydrogen-bond donors (Lipinski definition) is 0. The molecule has 2 aromatic carbocycles. The van der Waals surface area contributed by atoms with E-state index in [4.69, 9.17) is 0 Å². The quantitative estimate of drug-likeness (QED) is 0.601. The monoisotopic (exact) mass is 422 g/mol. The summed E-state index contributed by atoms with van der Waals surface area (Å²) in [6, 6.07) is 22.0. The minimum atomic E-state index is 0.376. The molecule has 0 saturated heterocycles. The van der Waals surface area contributed by atoms with Crippen molar-refractivity contribution in [1.82, 2.24) is 0 Å². The van der Waals surface area contributed by atoms with Gasteiger partial charge < -0.3 is 0 Å². The molecule has 1 unspecified atom stereocenters. The summed E-state index contributed by atoms with van der Waals surface area (Å²) in [7, 11) is 0. The Kier molecular flexibility index (Phi) is 4.95. The minimum absolute atomic E-state index is 0.376. The normalized spacial score (nSPS) is 22.2. The molecule has 0 amide bonds. The molecule has 0 N–H and O–H groups in total. The van der Waals surface area contributed by atoms with Crippen molar-refractivity contribution in [3.05, 3.63) is 77.9 Å². The van der Waals surface area contributed by atoms with E-state index in [1.807, 2.05) is 0 Å². The average Bonchev–Trinajstić information content (AvgIpc) is 2.55. The summed E-state index contributed by atoms with van der Waals surface area (Å²) in [6.07, 6.45) is 2.58. The van der Waals surface area contributed by atoms with Gasteiger partial charge in [0.1, 0.15) is 0 Å². The molecule has 0 aromatic heterocycles. The van der Waals surface area contributed by atoms with Gasteiger partial charge in [0.2, 0.25) is 0 Å². The number of rotatable bonds is 2. The van der Waals surface area contributed by atoms with Gasteiger partial charge in [0.05, 0.1) is 0 Å². The molecule has 114 valence electrons. The van der Waals surface area contributed by atoms with E-state index in [0.29, 0.717) is 37.6 Å². The van der Waals surface area contributed by atoms with Crippen molar-refractivity contribution in [2.24, 2.45) is 5.41 Å². The predicted molar refractivity (Wildman–Crippen MR) is 98.3 cm³/mol. The zero-order valence-electron chi connectivity index (χ0n) is 13.3. The number of allylic oxidation sites excluding steroid dienone is 1. The number of benzene rings is 2. The average molecular weight is 420 g/mol. The molecule has 22 heavy (non-hydrogen) atoms. The molecule has 2 aromatic rings. The maximum absolute atomic E-state index is 2.58. The number of hydrogen-bond acceptors (Lipinski definition) is 0. The van der Waals surface area contributed by atoms with E-state index in [0.717, 1.165) is 4.82 Å². The molecule has 0 radical (unpaired) electrons. The van der Waals surface area contributed by atoms with Crippen LogP contribution in [0.25, 0.3) is 4.47 Å². The molecular weight excluding hydrogens is 398 g/mol. The summed E-state index contributed by atoms with van der Waals surface area (Å²) >= 11 is 1.34. The third kappa shape index (κ3) is 3.58. The molecule has 0 bridgehead atoms. The molecule has 0 aliphatic carbocycles. The van der Waals surface area contributed by atoms with Crippen LogP contribution in [0.15, 0.2) is 66.7 Å². The Bertz CT molecular complexity index is 638. The molecule has 1 heterocycles. The standard InChI is InChI=1S/C20H22Se2/c1-20(2,3)19-17(15-10-6-4-7-11-15)14-18(21-22-19)16-12-8-5-9-13-16/h4-14,17,19H,1-3H3/t17-,19?/m0/s1. The van der Waals surface area contributed by atoms with Gasteiger partial charge in [-0.3, -0.25) is 0 Å². The molecule has 2 heteroatoms. The fourth-order valence-electron chi connectivity index (χ4n) is 2.82. The Balaban J connectivity index is 2.01. The van der Waals surface area contributed by atoms with E-state index in [1.165, 1.54) is 11.1 Å². The van der Waals surface area contributed by atoms with Crippen LogP contribution in [0.1, 0.15) is 37.8 Å². The van der Waals surface area contributed by atoms with Gasteiger partial charge in [-0.05, 0) is 0 Å². The van der Waals surface area contributed by atoms with Crippen molar-refractivity contribution in [3.8, 4) is 0 Å². The molecule has 3 rings (SSSR count). The molecule has 1 aliphatic rings. The van der Waals surface area contributed by atoms with Crippen LogP contribution in [-0.2, 0) is 0 Å². The van der Waals surface area contributed by atoms with Crippen LogP contribution < -0.4 is 0 Å². The zero-order chi connectivity index (χ0) is 15.6. The van der Waals surface area contributed by atoms with E-state index < -0.39 is 0 Å². The van der Waals surface area contributed by atoms with Gasteiger partial charge in [-0.15, -0.1) is 0 Å². The first kappa shape index (κ1) is 16.1. The van der Waals surface area contributed by atoms with Crippen LogP contribution >= 0.6 is 0 Å². The fraction of sp³-hybridized carbons (Fsp3) is 0.300. The van der Waals surface area contributed by atoms with Crippen LogP contribution in [0.5, 0.6) is 0 Å². The second-order valence-electron chi connectivity index (χ2n) is 6.80. The Morgan fingerprint density at radius 1 is 0.818 bits per heavy atom. The van der Waals surface area contributed by atoms with Gasteiger partial charge in [0, 0.05) is 0 Å². The van der Waals surface area contributed by atoms with Gasteiger partial charge in [0.25, 0.3) is 0 Å². The summed E-state index contributed by atoms with van der Waals surface area (Å²) in [5.74, 6) is 0.562. The van der Waals surface area contributed by atoms with Crippen molar-refractivity contribution in [1.29, 1.82) is 0 Å². The van der Waals surface area contributed by atoms with Crippen molar-refractivity contribution in [2.45, 2.75) is 31.5 Å². The molecule has 1 aliphatic heterocycles. The predicted octanol–water partition coefficient (Wildman–Crippen LogP) is 4.98. The van der Waals surface area contributed by atoms with Crippen LogP contribution in [0, 0.1) is 5.41 Å². The van der Waals surface area contributed by atoms with Gasteiger partial charge in [0.15, 0.2) is 0 Å². The third-order valence-electron chi connectivity index (χ3n) is 3.99. The molecule has 0 nitrogen and oxygen atoms in total. The SMILES string of the molecule is CC(C)(C)C1[Se][Se]C(c2ccccc2)=C[C@H]1c1ccccc1. The third-order valence-corrected chi connectivity index (χ3v) is 13.2. The van der Waals surface area contributed by atoms with E-state index in [-0.39, 0.29) is 0 Å². The van der Waals surface area contributed by atoms with Crippen molar-refractivity contribution < 1.29 is 0 Å². The summed E-state index contributed by atoms with van der Waals surface area (Å²) in [5.41, 5.74) is 3.28. The molecule has 0 spiro atoms. The maximum atomic E-state index is 2.58. The van der Waals surface area contributed by atoms with Crippen molar-refractivity contribution in [2.75, 3.05) is 0 Å². The van der Waals surface area contributed by atoms with Gasteiger partial charge in [-0.25, -0.2) is 0 Å². The zero-order valence-corrected chi connectivity index (χ0v) is 16.7. The van der Waals surface area contributed by atoms with E-state index >= 15 is 0 Å². The van der Waals surface area contributed by atoms with Crippen LogP contribution in [0.4, 0.5) is 0 Å². The first-order valence-electron chi connectivity index (χ1n) is 7.71. The summed E-state index contributed by atoms with van der Waals surface area (Å²) < 4.78 is 1.60. The summed E-state index contributed by atoms with van der Waals surface area (Å²) in [5, 5.41) is 0. The van der Waals surface area contributed by atoms with Gasteiger partial charge >= 0.3 is 146 Å². The van der Waals surface area contributed by atoms with E-state index in [1.54, 1.807) is 4.47 Å². The van der Waals surface area contributed by atoms with Crippen LogP contribution in [-0.4, -0.2) is 26.3 Å². The summed E-state index contributed by atoms with van der Waals surface area (Å²) in [6.45, 7) is 7.23. The van der Waals surface area contributed by atoms with Gasteiger partial charge in [-0.1, -0.05) is 0 Å². The first-order valence-corrected chi connectivity index (χ1v) is 13.9. The molecule has 2 atom stereocenters. The van der Waals surface area contributed by atoms with Crippen molar-refractivity contribution in [3.63, 3.8) is 0 Å². The Hall–Kier alpha value is -0.781. The molecule has 0 saturated carbocycles. The first-order chi connectivity index (χ1) is 10.6. The van der Waals surface area contributed by atoms with E-state index in [2.05, 4.69) is 87.5 Å².